The van der Waals surface area contributed by atoms with E-state index in [0.717, 1.165) is 22.4 Å². The summed E-state index contributed by atoms with van der Waals surface area (Å²) in [6, 6.07) is 9.80. The van der Waals surface area contributed by atoms with Crippen LogP contribution in [0.4, 0.5) is 11.4 Å². The van der Waals surface area contributed by atoms with Crippen LogP contribution in [0.1, 0.15) is 18.7 Å². The molecule has 0 aliphatic heterocycles. The number of amides is 1. The van der Waals surface area contributed by atoms with Crippen molar-refractivity contribution in [1.29, 1.82) is 0 Å². The number of anilines is 2. The fourth-order valence-corrected chi connectivity index (χ4v) is 3.02. The summed E-state index contributed by atoms with van der Waals surface area (Å²) in [5.74, 6) is 0.0252. The van der Waals surface area contributed by atoms with Gasteiger partial charge in [0, 0.05) is 26.6 Å². The summed E-state index contributed by atoms with van der Waals surface area (Å²) >= 11 is 5.23. The van der Waals surface area contributed by atoms with Crippen molar-refractivity contribution in [3.05, 3.63) is 45.1 Å². The molecule has 5 heteroatoms. The van der Waals surface area contributed by atoms with E-state index in [-0.39, 0.29) is 11.8 Å². The van der Waals surface area contributed by atoms with Crippen LogP contribution in [-0.2, 0) is 11.3 Å². The second-order valence-electron chi connectivity index (χ2n) is 4.77. The molecule has 2 N–H and O–H groups in total. The molecule has 106 valence electrons. The first-order chi connectivity index (χ1) is 9.56. The molecule has 0 radical (unpaired) electrons. The first kappa shape index (κ1) is 15.1. The Morgan fingerprint density at radius 1 is 1.20 bits per heavy atom. The fourth-order valence-electron chi connectivity index (χ4n) is 1.59. The van der Waals surface area contributed by atoms with Gasteiger partial charge in [0.2, 0.25) is 5.91 Å². The van der Waals surface area contributed by atoms with E-state index in [4.69, 9.17) is 0 Å². The van der Waals surface area contributed by atoms with Crippen molar-refractivity contribution in [2.24, 2.45) is 5.92 Å². The van der Waals surface area contributed by atoms with Crippen molar-refractivity contribution in [2.45, 2.75) is 20.4 Å². The lowest BCUT2D eigenvalue weighted by Crippen LogP contribution is -2.17. The third-order valence-electron chi connectivity index (χ3n) is 2.82. The molecule has 1 amide bonds. The number of carbonyl (C=O) groups is 1. The zero-order valence-corrected chi connectivity index (χ0v) is 13.8. The largest absolute Gasteiger partial charge is 0.380 e. The third kappa shape index (κ3) is 4.08. The molecule has 1 heterocycles. The van der Waals surface area contributed by atoms with Crippen LogP contribution in [0.3, 0.4) is 0 Å². The average molecular weight is 353 g/mol. The molecule has 2 aromatic rings. The highest BCUT2D eigenvalue weighted by atomic mass is 79.9. The second-order valence-corrected chi connectivity index (χ2v) is 6.62. The van der Waals surface area contributed by atoms with Crippen molar-refractivity contribution in [2.75, 3.05) is 10.6 Å². The van der Waals surface area contributed by atoms with Crippen LogP contribution < -0.4 is 10.6 Å². The molecule has 0 bridgehead atoms. The molecule has 0 saturated carbocycles. The van der Waals surface area contributed by atoms with Crippen molar-refractivity contribution in [3.63, 3.8) is 0 Å². The van der Waals surface area contributed by atoms with E-state index in [0.29, 0.717) is 0 Å². The maximum atomic E-state index is 11.6. The van der Waals surface area contributed by atoms with E-state index in [1.165, 1.54) is 4.88 Å². The summed E-state index contributed by atoms with van der Waals surface area (Å²) in [7, 11) is 0. The quantitative estimate of drug-likeness (QED) is 0.817. The van der Waals surface area contributed by atoms with E-state index in [1.54, 1.807) is 11.3 Å². The second kappa shape index (κ2) is 6.90. The zero-order chi connectivity index (χ0) is 14.5. The first-order valence-electron chi connectivity index (χ1n) is 6.43. The molecule has 3 nitrogen and oxygen atoms in total. The highest BCUT2D eigenvalue weighted by Gasteiger charge is 2.06. The molecule has 2 rings (SSSR count). The molecule has 20 heavy (non-hydrogen) atoms. The molecule has 0 unspecified atom stereocenters. The highest BCUT2D eigenvalue weighted by Crippen LogP contribution is 2.24. The number of halogens is 1. The monoisotopic (exact) mass is 352 g/mol. The Morgan fingerprint density at radius 2 is 1.85 bits per heavy atom. The SMILES string of the molecule is CC(C)C(=O)Nc1ccc(NCc2sccc2Br)cc1. The lowest BCUT2D eigenvalue weighted by molar-refractivity contribution is -0.118. The molecule has 0 atom stereocenters. The van der Waals surface area contributed by atoms with Gasteiger partial charge >= 0.3 is 0 Å². The lowest BCUT2D eigenvalue weighted by atomic mass is 10.2. The number of rotatable bonds is 5. The van der Waals surface area contributed by atoms with Gasteiger partial charge in [0.1, 0.15) is 0 Å². The van der Waals surface area contributed by atoms with Crippen LogP contribution >= 0.6 is 27.3 Å². The van der Waals surface area contributed by atoms with E-state index >= 15 is 0 Å². The number of nitrogens with one attached hydrogen (secondary N) is 2. The maximum Gasteiger partial charge on any atom is 0.226 e. The van der Waals surface area contributed by atoms with Crippen molar-refractivity contribution in [3.8, 4) is 0 Å². The summed E-state index contributed by atoms with van der Waals surface area (Å²) in [6.45, 7) is 4.55. The van der Waals surface area contributed by atoms with Gasteiger partial charge in [0.05, 0.1) is 6.54 Å². The van der Waals surface area contributed by atoms with Crippen molar-refractivity contribution in [1.82, 2.24) is 0 Å². The van der Waals surface area contributed by atoms with Crippen molar-refractivity contribution >= 4 is 44.5 Å². The van der Waals surface area contributed by atoms with Crippen LogP contribution in [0.25, 0.3) is 0 Å². The highest BCUT2D eigenvalue weighted by molar-refractivity contribution is 9.10. The Kier molecular flexibility index (Phi) is 5.20. The van der Waals surface area contributed by atoms with Crippen LogP contribution in [0.15, 0.2) is 40.2 Å². The lowest BCUT2D eigenvalue weighted by Gasteiger charge is -2.09. The Balaban J connectivity index is 1.91. The summed E-state index contributed by atoms with van der Waals surface area (Å²) < 4.78 is 1.14. The van der Waals surface area contributed by atoms with Gasteiger partial charge < -0.3 is 10.6 Å². The minimum Gasteiger partial charge on any atom is -0.380 e. The first-order valence-corrected chi connectivity index (χ1v) is 8.10. The fraction of sp³-hybridized carbons (Fsp3) is 0.267. The van der Waals surface area contributed by atoms with Gasteiger partial charge in [-0.1, -0.05) is 13.8 Å². The number of carbonyl (C=O) groups excluding carboxylic acids is 1. The van der Waals surface area contributed by atoms with Gasteiger partial charge in [-0.3, -0.25) is 4.79 Å². The summed E-state index contributed by atoms with van der Waals surface area (Å²) in [6.07, 6.45) is 0. The minimum atomic E-state index is -0.0102. The van der Waals surface area contributed by atoms with Gasteiger partial charge in [0.25, 0.3) is 0 Å². The molecule has 0 spiro atoms. The molecular formula is C15H17BrN2OS. The van der Waals surface area contributed by atoms with E-state index < -0.39 is 0 Å². The predicted octanol–water partition coefficient (Wildman–Crippen LogP) is 4.72. The summed E-state index contributed by atoms with van der Waals surface area (Å²) in [5.41, 5.74) is 1.86. The molecular weight excluding hydrogens is 336 g/mol. The predicted molar refractivity (Wildman–Crippen MR) is 89.3 cm³/mol. The molecule has 0 fully saturated rings. The molecule has 0 aliphatic carbocycles. The summed E-state index contributed by atoms with van der Waals surface area (Å²) in [4.78, 5) is 12.9. The van der Waals surface area contributed by atoms with Gasteiger partial charge in [0.15, 0.2) is 0 Å². The van der Waals surface area contributed by atoms with Gasteiger partial charge in [-0.15, -0.1) is 11.3 Å². The maximum absolute atomic E-state index is 11.6. The standard InChI is InChI=1S/C15H17BrN2OS/c1-10(2)15(19)18-12-5-3-11(4-6-12)17-9-14-13(16)7-8-20-14/h3-8,10,17H,9H2,1-2H3,(H,18,19). The molecule has 0 saturated heterocycles. The van der Waals surface area contributed by atoms with Crippen molar-refractivity contribution < 1.29 is 4.79 Å². The average Bonchev–Trinajstić information content (AvgIpc) is 2.83. The Hall–Kier alpha value is -1.33. The Bertz CT molecular complexity index is 578. The van der Waals surface area contributed by atoms with Crippen LogP contribution in [0.2, 0.25) is 0 Å². The minimum absolute atomic E-state index is 0.0102. The number of thiophene rings is 1. The number of benzene rings is 1. The van der Waals surface area contributed by atoms with E-state index in [2.05, 4.69) is 31.9 Å². The summed E-state index contributed by atoms with van der Waals surface area (Å²) in [5, 5.41) is 8.30. The van der Waals surface area contributed by atoms with Gasteiger partial charge in [-0.25, -0.2) is 0 Å². The normalized spacial score (nSPS) is 10.6. The molecule has 1 aromatic heterocycles. The number of hydrogen-bond donors (Lipinski definition) is 2. The van der Waals surface area contributed by atoms with Gasteiger partial charge in [-0.05, 0) is 51.6 Å². The van der Waals surface area contributed by atoms with Crippen LogP contribution in [0, 0.1) is 5.92 Å². The smallest absolute Gasteiger partial charge is 0.226 e. The van der Waals surface area contributed by atoms with Gasteiger partial charge in [-0.2, -0.15) is 0 Å². The topological polar surface area (TPSA) is 41.1 Å². The molecule has 1 aromatic carbocycles. The van der Waals surface area contributed by atoms with Crippen LogP contribution in [-0.4, -0.2) is 5.91 Å². The Labute approximate surface area is 131 Å². The third-order valence-corrected chi connectivity index (χ3v) is 4.75. The Morgan fingerprint density at radius 3 is 2.40 bits per heavy atom. The zero-order valence-electron chi connectivity index (χ0n) is 11.4. The number of hydrogen-bond acceptors (Lipinski definition) is 3. The molecule has 0 aliphatic rings. The van der Waals surface area contributed by atoms with Crippen LogP contribution in [0.5, 0.6) is 0 Å². The van der Waals surface area contributed by atoms with E-state index in [1.807, 2.05) is 44.2 Å². The van der Waals surface area contributed by atoms with E-state index in [9.17, 15) is 4.79 Å².